The lowest BCUT2D eigenvalue weighted by Crippen LogP contribution is -2.40. The van der Waals surface area contributed by atoms with Crippen molar-refractivity contribution in [3.63, 3.8) is 0 Å². The molecule has 1 aromatic heterocycles. The Labute approximate surface area is 162 Å². The summed E-state index contributed by atoms with van der Waals surface area (Å²) in [4.78, 5) is 14.0. The second-order valence-corrected chi connectivity index (χ2v) is 6.94. The quantitative estimate of drug-likeness (QED) is 0.547. The van der Waals surface area contributed by atoms with Gasteiger partial charge in [-0.15, -0.1) is 10.2 Å². The van der Waals surface area contributed by atoms with Gasteiger partial charge in [0.05, 0.1) is 6.54 Å². The summed E-state index contributed by atoms with van der Waals surface area (Å²) in [6.45, 7) is 1.64. The van der Waals surface area contributed by atoms with Crippen molar-refractivity contribution in [2.75, 3.05) is 6.54 Å². The molecule has 29 heavy (non-hydrogen) atoms. The molecule has 0 spiro atoms. The van der Waals surface area contributed by atoms with E-state index in [1.165, 1.54) is 4.90 Å². The minimum atomic E-state index is -4.63. The summed E-state index contributed by atoms with van der Waals surface area (Å²) >= 11 is 0. The fraction of sp³-hybridized carbons (Fsp3) is 0.500. The highest BCUT2D eigenvalue weighted by molar-refractivity contribution is 5.76. The summed E-state index contributed by atoms with van der Waals surface area (Å²) in [5.74, 6) is -5.07. The third-order valence-corrected chi connectivity index (χ3v) is 5.00. The van der Waals surface area contributed by atoms with Crippen molar-refractivity contribution >= 4 is 5.91 Å². The first-order valence-corrected chi connectivity index (χ1v) is 9.00. The number of alkyl halides is 3. The maximum Gasteiger partial charge on any atom is 0.451 e. The number of hydrogen-bond acceptors (Lipinski definition) is 3. The number of halogens is 6. The Balaban J connectivity index is 1.66. The standard InChI is InChI=1S/C18H18F6N4O/c1-2-10(5-11-7-13(20)14(21)8-12(11)19)6-16(29)27-3-4-28-15(9-27)25-26-17(28)18(22,23)24/h7-8,10H,2-6,9H2,1H3. The highest BCUT2D eigenvalue weighted by Crippen LogP contribution is 2.30. The van der Waals surface area contributed by atoms with Crippen LogP contribution in [0.2, 0.25) is 0 Å². The molecule has 1 unspecified atom stereocenters. The molecule has 0 N–H and O–H groups in total. The molecule has 0 aliphatic carbocycles. The van der Waals surface area contributed by atoms with E-state index in [1.54, 1.807) is 6.92 Å². The van der Waals surface area contributed by atoms with Gasteiger partial charge in [-0.3, -0.25) is 4.79 Å². The van der Waals surface area contributed by atoms with Gasteiger partial charge in [0.15, 0.2) is 17.5 Å². The fourth-order valence-electron chi connectivity index (χ4n) is 3.35. The summed E-state index contributed by atoms with van der Waals surface area (Å²) in [7, 11) is 0. The van der Waals surface area contributed by atoms with E-state index < -0.39 is 29.5 Å². The van der Waals surface area contributed by atoms with Gasteiger partial charge >= 0.3 is 6.18 Å². The first kappa shape index (κ1) is 21.1. The summed E-state index contributed by atoms with van der Waals surface area (Å²) in [6, 6.07) is 1.24. The van der Waals surface area contributed by atoms with Gasteiger partial charge in [0.2, 0.25) is 11.7 Å². The Morgan fingerprint density at radius 1 is 1.10 bits per heavy atom. The molecule has 1 aliphatic heterocycles. The van der Waals surface area contributed by atoms with Crippen LogP contribution in [0, 0.1) is 23.4 Å². The number of rotatable bonds is 5. The van der Waals surface area contributed by atoms with Crippen LogP contribution in [0.5, 0.6) is 0 Å². The predicted molar refractivity (Wildman–Crippen MR) is 88.9 cm³/mol. The maximum absolute atomic E-state index is 13.9. The van der Waals surface area contributed by atoms with E-state index in [-0.39, 0.29) is 55.7 Å². The summed E-state index contributed by atoms with van der Waals surface area (Å²) in [5.41, 5.74) is -0.0308. The number of amides is 1. The summed E-state index contributed by atoms with van der Waals surface area (Å²) in [6.07, 6.45) is -4.12. The SMILES string of the molecule is CCC(CC(=O)N1CCn2c(nnc2C(F)(F)F)C1)Cc1cc(F)c(F)cc1F. The number of carbonyl (C=O) groups is 1. The lowest BCUT2D eigenvalue weighted by atomic mass is 9.92. The van der Waals surface area contributed by atoms with E-state index in [1.807, 2.05) is 0 Å². The lowest BCUT2D eigenvalue weighted by Gasteiger charge is -2.29. The Kier molecular flexibility index (Phi) is 5.85. The Bertz CT molecular complexity index is 910. The van der Waals surface area contributed by atoms with Crippen molar-refractivity contribution in [2.24, 2.45) is 5.92 Å². The number of aromatic nitrogens is 3. The van der Waals surface area contributed by atoms with Gasteiger partial charge in [-0.2, -0.15) is 13.2 Å². The molecule has 1 aromatic carbocycles. The smallest absolute Gasteiger partial charge is 0.333 e. The maximum atomic E-state index is 13.9. The Morgan fingerprint density at radius 3 is 2.45 bits per heavy atom. The lowest BCUT2D eigenvalue weighted by molar-refractivity contribution is -0.148. The Hall–Kier alpha value is -2.59. The van der Waals surface area contributed by atoms with Gasteiger partial charge in [-0.1, -0.05) is 13.3 Å². The first-order valence-electron chi connectivity index (χ1n) is 9.00. The molecule has 158 valence electrons. The highest BCUT2D eigenvalue weighted by Gasteiger charge is 2.40. The minimum Gasteiger partial charge on any atom is -0.333 e. The molecule has 5 nitrogen and oxygen atoms in total. The molecule has 11 heteroatoms. The molecule has 1 amide bonds. The van der Waals surface area contributed by atoms with Crippen LogP contribution in [0.25, 0.3) is 0 Å². The summed E-state index contributed by atoms with van der Waals surface area (Å²) < 4.78 is 79.9. The van der Waals surface area contributed by atoms with E-state index >= 15 is 0 Å². The molecule has 1 aliphatic rings. The van der Waals surface area contributed by atoms with E-state index in [0.29, 0.717) is 12.5 Å². The van der Waals surface area contributed by atoms with Gasteiger partial charge in [-0.25, -0.2) is 13.2 Å². The highest BCUT2D eigenvalue weighted by atomic mass is 19.4. The van der Waals surface area contributed by atoms with Crippen LogP contribution in [0.4, 0.5) is 26.3 Å². The van der Waals surface area contributed by atoms with Crippen LogP contribution in [0.3, 0.4) is 0 Å². The molecule has 0 fully saturated rings. The number of nitrogens with zero attached hydrogens (tertiary/aromatic N) is 4. The van der Waals surface area contributed by atoms with Gasteiger partial charge in [-0.05, 0) is 24.0 Å². The van der Waals surface area contributed by atoms with Gasteiger partial charge < -0.3 is 9.47 Å². The third-order valence-electron chi connectivity index (χ3n) is 5.00. The zero-order chi connectivity index (χ0) is 21.3. The van der Waals surface area contributed by atoms with Gasteiger partial charge in [0, 0.05) is 25.6 Å². The molecule has 0 saturated heterocycles. The van der Waals surface area contributed by atoms with Crippen molar-refractivity contribution in [2.45, 2.75) is 45.5 Å². The van der Waals surface area contributed by atoms with Crippen molar-refractivity contribution in [3.05, 3.63) is 46.8 Å². The van der Waals surface area contributed by atoms with Crippen LogP contribution >= 0.6 is 0 Å². The van der Waals surface area contributed by atoms with Crippen LogP contribution in [-0.4, -0.2) is 32.1 Å². The largest absolute Gasteiger partial charge is 0.451 e. The Morgan fingerprint density at radius 2 is 1.79 bits per heavy atom. The predicted octanol–water partition coefficient (Wildman–Crippen LogP) is 3.72. The van der Waals surface area contributed by atoms with E-state index in [9.17, 15) is 31.1 Å². The third kappa shape index (κ3) is 4.54. The normalized spacial score (nSPS) is 15.3. The van der Waals surface area contributed by atoms with Gasteiger partial charge in [0.25, 0.3) is 0 Å². The second-order valence-electron chi connectivity index (χ2n) is 6.94. The molecule has 0 bridgehead atoms. The molecule has 0 saturated carbocycles. The molecular weight excluding hydrogens is 402 g/mol. The number of carbonyl (C=O) groups excluding carboxylic acids is 1. The fourth-order valence-corrected chi connectivity index (χ4v) is 3.35. The van der Waals surface area contributed by atoms with Crippen molar-refractivity contribution in [3.8, 4) is 0 Å². The molecule has 2 aromatic rings. The van der Waals surface area contributed by atoms with Crippen LogP contribution in [0.1, 0.15) is 37.0 Å². The topological polar surface area (TPSA) is 51.0 Å². The monoisotopic (exact) mass is 420 g/mol. The van der Waals surface area contributed by atoms with E-state index in [4.69, 9.17) is 0 Å². The van der Waals surface area contributed by atoms with Crippen LogP contribution in [0.15, 0.2) is 12.1 Å². The summed E-state index contributed by atoms with van der Waals surface area (Å²) in [5, 5.41) is 6.69. The zero-order valence-corrected chi connectivity index (χ0v) is 15.4. The van der Waals surface area contributed by atoms with Gasteiger partial charge in [0.1, 0.15) is 5.82 Å². The first-order chi connectivity index (χ1) is 13.6. The molecule has 0 radical (unpaired) electrons. The van der Waals surface area contributed by atoms with Crippen LogP contribution < -0.4 is 0 Å². The number of hydrogen-bond donors (Lipinski definition) is 0. The number of fused-ring (bicyclic) bond motifs is 1. The average Bonchev–Trinajstić information content (AvgIpc) is 3.08. The van der Waals surface area contributed by atoms with E-state index in [0.717, 1.165) is 10.6 Å². The zero-order valence-electron chi connectivity index (χ0n) is 15.4. The van der Waals surface area contributed by atoms with Crippen molar-refractivity contribution in [1.82, 2.24) is 19.7 Å². The molecule has 1 atom stereocenters. The molecular formula is C18H18F6N4O. The van der Waals surface area contributed by atoms with Crippen molar-refractivity contribution in [1.29, 1.82) is 0 Å². The van der Waals surface area contributed by atoms with Crippen LogP contribution in [-0.2, 0) is 30.5 Å². The minimum absolute atomic E-state index is 0.00476. The van der Waals surface area contributed by atoms with E-state index in [2.05, 4.69) is 10.2 Å². The second kappa shape index (κ2) is 8.03. The molecule has 3 rings (SSSR count). The number of benzene rings is 1. The van der Waals surface area contributed by atoms with Crippen molar-refractivity contribution < 1.29 is 31.1 Å². The molecule has 2 heterocycles. The average molecular weight is 420 g/mol.